The van der Waals surface area contributed by atoms with Gasteiger partial charge >= 0.3 is 5.97 Å². The number of carbonyl (C=O) groups excluding carboxylic acids is 2. The molecule has 2 aromatic carbocycles. The maximum atomic E-state index is 13.4. The zero-order valence-electron chi connectivity index (χ0n) is 12.9. The zero-order valence-corrected chi connectivity index (χ0v) is 14.4. The quantitative estimate of drug-likeness (QED) is 0.585. The smallest absolute Gasteiger partial charge is 0.325 e. The van der Waals surface area contributed by atoms with Crippen molar-refractivity contribution in [1.82, 2.24) is 5.32 Å². The number of halogens is 3. The number of benzene rings is 2. The largest absolute Gasteiger partial charge is 0.488 e. The van der Waals surface area contributed by atoms with E-state index in [9.17, 15) is 14.0 Å². The molecule has 1 N–H and O–H groups in total. The van der Waals surface area contributed by atoms with Crippen LogP contribution in [0.2, 0.25) is 10.0 Å². The Morgan fingerprint density at radius 3 is 2.56 bits per heavy atom. The molecule has 0 bridgehead atoms. The van der Waals surface area contributed by atoms with Gasteiger partial charge in [-0.05, 0) is 30.3 Å². The Kier molecular flexibility index (Phi) is 7.03. The van der Waals surface area contributed by atoms with E-state index in [1.807, 2.05) is 0 Å². The van der Waals surface area contributed by atoms with Crippen molar-refractivity contribution >= 4 is 35.1 Å². The normalized spacial score (nSPS) is 10.2. The van der Waals surface area contributed by atoms with E-state index in [1.54, 1.807) is 12.1 Å². The molecule has 8 heteroatoms. The predicted octanol–water partition coefficient (Wildman–Crippen LogP) is 3.48. The first-order valence-electron chi connectivity index (χ1n) is 7.23. The Balaban J connectivity index is 1.69. The minimum atomic E-state index is -0.695. The lowest BCUT2D eigenvalue weighted by atomic mass is 10.2. The van der Waals surface area contributed by atoms with Gasteiger partial charge < -0.3 is 14.8 Å². The lowest BCUT2D eigenvalue weighted by molar-refractivity contribution is -0.143. The van der Waals surface area contributed by atoms with Gasteiger partial charge in [0, 0.05) is 5.02 Å². The lowest BCUT2D eigenvalue weighted by Gasteiger charge is -2.09. The average Bonchev–Trinajstić information content (AvgIpc) is 2.58. The minimum absolute atomic E-state index is 0.0344. The summed E-state index contributed by atoms with van der Waals surface area (Å²) in [6, 6.07) is 10.2. The third-order valence-corrected chi connectivity index (χ3v) is 3.54. The van der Waals surface area contributed by atoms with Crippen molar-refractivity contribution in [2.45, 2.75) is 0 Å². The Bertz CT molecular complexity index is 770. The summed E-state index contributed by atoms with van der Waals surface area (Å²) in [6.45, 7) is -0.337. The molecule has 0 aliphatic carbocycles. The number of nitrogens with one attached hydrogen (secondary N) is 1. The van der Waals surface area contributed by atoms with Crippen LogP contribution in [-0.4, -0.2) is 31.6 Å². The highest BCUT2D eigenvalue weighted by atomic mass is 35.5. The number of carbonyl (C=O) groups is 2. The summed E-state index contributed by atoms with van der Waals surface area (Å²) in [5.74, 6) is -1.62. The maximum Gasteiger partial charge on any atom is 0.325 e. The van der Waals surface area contributed by atoms with E-state index in [0.29, 0.717) is 15.8 Å². The Hall–Kier alpha value is -2.31. The van der Waals surface area contributed by atoms with Crippen molar-refractivity contribution in [2.75, 3.05) is 19.8 Å². The van der Waals surface area contributed by atoms with Crippen LogP contribution in [0, 0.1) is 5.82 Å². The number of ether oxygens (including phenoxy) is 2. The topological polar surface area (TPSA) is 64.6 Å². The Morgan fingerprint density at radius 1 is 1.08 bits per heavy atom. The molecule has 2 rings (SSSR count). The molecule has 0 radical (unpaired) electrons. The fourth-order valence-electron chi connectivity index (χ4n) is 1.84. The van der Waals surface area contributed by atoms with Gasteiger partial charge in [-0.1, -0.05) is 35.3 Å². The zero-order chi connectivity index (χ0) is 18.2. The van der Waals surface area contributed by atoms with E-state index in [1.165, 1.54) is 24.3 Å². The molecular weight excluding hydrogens is 372 g/mol. The third kappa shape index (κ3) is 5.92. The van der Waals surface area contributed by atoms with Crippen molar-refractivity contribution in [3.8, 4) is 5.75 Å². The van der Waals surface area contributed by atoms with Gasteiger partial charge in [0.1, 0.15) is 31.3 Å². The monoisotopic (exact) mass is 385 g/mol. The summed E-state index contributed by atoms with van der Waals surface area (Å²) in [5, 5.41) is 3.11. The molecule has 25 heavy (non-hydrogen) atoms. The molecule has 0 saturated carbocycles. The van der Waals surface area contributed by atoms with Gasteiger partial charge in [0.25, 0.3) is 5.91 Å². The molecule has 2 aromatic rings. The molecule has 0 aromatic heterocycles. The van der Waals surface area contributed by atoms with Crippen LogP contribution in [0.4, 0.5) is 4.39 Å². The summed E-state index contributed by atoms with van der Waals surface area (Å²) < 4.78 is 23.7. The molecule has 0 atom stereocenters. The van der Waals surface area contributed by atoms with Gasteiger partial charge in [-0.3, -0.25) is 9.59 Å². The van der Waals surface area contributed by atoms with Crippen LogP contribution in [-0.2, 0) is 9.53 Å². The van der Waals surface area contributed by atoms with Crippen LogP contribution in [0.1, 0.15) is 10.4 Å². The summed E-state index contributed by atoms with van der Waals surface area (Å²) in [6.07, 6.45) is 0. The first-order chi connectivity index (χ1) is 12.0. The second-order valence-corrected chi connectivity index (χ2v) is 5.65. The first kappa shape index (κ1) is 19.0. The summed E-state index contributed by atoms with van der Waals surface area (Å²) >= 11 is 11.7. The molecule has 0 aliphatic rings. The lowest BCUT2D eigenvalue weighted by Crippen LogP contribution is -2.31. The van der Waals surface area contributed by atoms with Crippen LogP contribution >= 0.6 is 23.2 Å². The SMILES string of the molecule is O=C(CNC(=O)c1ccccc1F)OCCOc1ccc(Cl)cc1Cl. The summed E-state index contributed by atoms with van der Waals surface area (Å²) in [7, 11) is 0. The summed E-state index contributed by atoms with van der Waals surface area (Å²) in [4.78, 5) is 23.3. The van der Waals surface area contributed by atoms with Crippen LogP contribution in [0.5, 0.6) is 5.75 Å². The van der Waals surface area contributed by atoms with Crippen LogP contribution in [0.3, 0.4) is 0 Å². The van der Waals surface area contributed by atoms with Gasteiger partial charge in [-0.15, -0.1) is 0 Å². The molecule has 0 unspecified atom stereocenters. The molecule has 5 nitrogen and oxygen atoms in total. The van der Waals surface area contributed by atoms with Crippen molar-refractivity contribution in [3.05, 3.63) is 63.9 Å². The van der Waals surface area contributed by atoms with Gasteiger partial charge in [-0.25, -0.2) is 4.39 Å². The highest BCUT2D eigenvalue weighted by molar-refractivity contribution is 6.35. The molecule has 0 aliphatic heterocycles. The van der Waals surface area contributed by atoms with Crippen LogP contribution in [0.15, 0.2) is 42.5 Å². The van der Waals surface area contributed by atoms with Crippen molar-refractivity contribution in [1.29, 1.82) is 0 Å². The molecule has 0 fully saturated rings. The second-order valence-electron chi connectivity index (χ2n) is 4.81. The van der Waals surface area contributed by atoms with E-state index in [2.05, 4.69) is 5.32 Å². The molecular formula is C17H14Cl2FNO4. The standard InChI is InChI=1S/C17H14Cl2FNO4/c18-11-5-6-15(13(19)9-11)24-7-8-25-16(22)10-21-17(23)12-3-1-2-4-14(12)20/h1-6,9H,7-8,10H2,(H,21,23). The Morgan fingerprint density at radius 2 is 1.84 bits per heavy atom. The van der Waals surface area contributed by atoms with E-state index in [4.69, 9.17) is 32.7 Å². The minimum Gasteiger partial charge on any atom is -0.488 e. The van der Waals surface area contributed by atoms with Crippen molar-refractivity contribution in [3.63, 3.8) is 0 Å². The number of hydrogen-bond acceptors (Lipinski definition) is 4. The van der Waals surface area contributed by atoms with Gasteiger partial charge in [-0.2, -0.15) is 0 Å². The molecule has 1 amide bonds. The van der Waals surface area contributed by atoms with E-state index in [-0.39, 0.29) is 25.3 Å². The fourth-order valence-corrected chi connectivity index (χ4v) is 2.31. The average molecular weight is 386 g/mol. The predicted molar refractivity (Wildman–Crippen MR) is 91.6 cm³/mol. The van der Waals surface area contributed by atoms with Gasteiger partial charge in [0.2, 0.25) is 0 Å². The first-order valence-corrected chi connectivity index (χ1v) is 7.99. The van der Waals surface area contributed by atoms with Crippen LogP contribution in [0.25, 0.3) is 0 Å². The fraction of sp³-hybridized carbons (Fsp3) is 0.176. The second kappa shape index (κ2) is 9.25. The van der Waals surface area contributed by atoms with Crippen molar-refractivity contribution < 1.29 is 23.5 Å². The number of esters is 1. The van der Waals surface area contributed by atoms with Gasteiger partial charge in [0.15, 0.2) is 0 Å². The molecule has 0 spiro atoms. The number of rotatable bonds is 7. The van der Waals surface area contributed by atoms with Gasteiger partial charge in [0.05, 0.1) is 10.6 Å². The number of hydrogen-bond donors (Lipinski definition) is 1. The van der Waals surface area contributed by atoms with E-state index >= 15 is 0 Å². The highest BCUT2D eigenvalue weighted by Crippen LogP contribution is 2.27. The molecule has 132 valence electrons. The summed E-state index contributed by atoms with van der Waals surface area (Å²) in [5.41, 5.74) is -0.143. The number of amides is 1. The molecule has 0 saturated heterocycles. The van der Waals surface area contributed by atoms with Crippen molar-refractivity contribution in [2.24, 2.45) is 0 Å². The molecule has 0 heterocycles. The van der Waals surface area contributed by atoms with E-state index < -0.39 is 17.7 Å². The van der Waals surface area contributed by atoms with Crippen LogP contribution < -0.4 is 10.1 Å². The third-order valence-electron chi connectivity index (χ3n) is 3.01. The highest BCUT2D eigenvalue weighted by Gasteiger charge is 2.12. The van der Waals surface area contributed by atoms with E-state index in [0.717, 1.165) is 6.07 Å². The Labute approximate surface area is 153 Å². The maximum absolute atomic E-state index is 13.4.